The van der Waals surface area contributed by atoms with E-state index in [0.29, 0.717) is 101 Å². The molecule has 126 heavy (non-hydrogen) atoms. The molecule has 0 atom stereocenters. The molecular weight excluding hydrogens is 1760 g/mol. The van der Waals surface area contributed by atoms with Gasteiger partial charge in [0.15, 0.2) is 51.8 Å². The van der Waals surface area contributed by atoms with Crippen LogP contribution in [0, 0.1) is 6.92 Å². The predicted octanol–water partition coefficient (Wildman–Crippen LogP) is 24.4. The third-order valence-corrected chi connectivity index (χ3v) is 38.9. The number of rotatable bonds is 25. The molecule has 4 aliphatic heterocycles. The van der Waals surface area contributed by atoms with Gasteiger partial charge in [0.1, 0.15) is 5.75 Å². The van der Waals surface area contributed by atoms with Crippen LogP contribution in [0.3, 0.4) is 0 Å². The number of phenols is 1. The zero-order valence-corrected chi connectivity index (χ0v) is 78.0. The number of nitrogens with zero attached hydrogens (tertiary/aromatic N) is 8. The summed E-state index contributed by atoms with van der Waals surface area (Å²) in [6.45, 7) is 16.9. The van der Waals surface area contributed by atoms with Crippen molar-refractivity contribution in [2.24, 2.45) is 0 Å². The molecule has 4 aromatic heterocycles. The van der Waals surface area contributed by atoms with Crippen LogP contribution >= 0.6 is 15.9 Å². The Morgan fingerprint density at radius 1 is 0.349 bits per heavy atom. The van der Waals surface area contributed by atoms with Gasteiger partial charge < -0.3 is 61.9 Å². The maximum absolute atomic E-state index is 13.0. The molecule has 12 aromatic rings. The van der Waals surface area contributed by atoms with Crippen LogP contribution in [0.25, 0.3) is 68.8 Å². The van der Waals surface area contributed by atoms with Gasteiger partial charge in [-0.3, -0.25) is 0 Å². The number of benzene rings is 8. The first-order chi connectivity index (χ1) is 61.3. The number of aryl methyl sites for hydroxylation is 1. The van der Waals surface area contributed by atoms with Gasteiger partial charge in [-0.15, -0.1) is 0 Å². The van der Waals surface area contributed by atoms with Crippen LogP contribution in [0.1, 0.15) is 144 Å². The topological polar surface area (TPSA) is 195 Å². The number of carbonyl (C=O) groups is 4. The van der Waals surface area contributed by atoms with Gasteiger partial charge in [0, 0.05) is 81.4 Å². The minimum atomic E-state index is -2.58. The van der Waals surface area contributed by atoms with Crippen molar-refractivity contribution in [1.82, 2.24) is 37.9 Å². The number of hydrogen-bond donors (Lipinski definition) is 1. The number of para-hydroxylation sites is 6. The van der Waals surface area contributed by atoms with Gasteiger partial charge in [-0.05, 0) is 136 Å². The molecule has 8 heterocycles. The molecule has 1 N–H and O–H groups in total. The second-order valence-electron chi connectivity index (χ2n) is 31.2. The number of phenolic OH excluding ortho intramolecular Hbond substituents is 1. The van der Waals surface area contributed by atoms with E-state index < -0.39 is 42.7 Å². The van der Waals surface area contributed by atoms with E-state index in [1.54, 1.807) is 65.8 Å². The predicted molar refractivity (Wildman–Crippen MR) is 506 cm³/mol. The Morgan fingerprint density at radius 3 is 1.00 bits per heavy atom. The molecule has 0 radical (unpaired) electrons. The van der Waals surface area contributed by atoms with E-state index in [1.807, 2.05) is 271 Å². The van der Waals surface area contributed by atoms with Crippen molar-refractivity contribution in [2.45, 2.75) is 113 Å². The van der Waals surface area contributed by atoms with E-state index in [2.05, 4.69) is 61.0 Å². The summed E-state index contributed by atoms with van der Waals surface area (Å²) in [5, 5.41) is 10.6. The second-order valence-corrected chi connectivity index (χ2v) is 45.3. The number of aromatic hydroxyl groups is 1. The third-order valence-electron chi connectivity index (χ3n) is 22.6. The molecule has 0 saturated carbocycles. The van der Waals surface area contributed by atoms with Crippen LogP contribution in [0.4, 0.5) is 19.2 Å². The number of alkyl halides is 1. The fraction of sp³-hybridized carbons (Fsp3) is 0.262. The minimum Gasteiger partial charge on any atom is -0.508 e. The average molecular weight is 1870 g/mol. The van der Waals surface area contributed by atoms with E-state index in [-0.39, 0.29) is 5.75 Å². The summed E-state index contributed by atoms with van der Waals surface area (Å²) in [6, 6.07) is 80.1. The SMILES string of the molecule is CCC[CH2][Sn]([CH2]CCC)([CH2]CCC)[c]1ccc(C2=C(OC(=O)N(C)CC)c3cccn3-c3ccccc3O2)cc1.CCN(C)C(=O)OC1=C(c2ccc(O)cc2)Oc2ccccc2-n2cccc21.CCN(C)C(=O)OC1=C(c2ccccc2)Oc2cc(C)ccc2-n2cccc21.CN(CCCCBr)C(=O)OC1=C(c2ccccc2)Oc2ccccc2-n2cccc21. The van der Waals surface area contributed by atoms with E-state index >= 15 is 0 Å². The van der Waals surface area contributed by atoms with Gasteiger partial charge in [-0.25, -0.2) is 14.4 Å². The zero-order chi connectivity index (χ0) is 88.8. The van der Waals surface area contributed by atoms with Crippen molar-refractivity contribution in [3.63, 3.8) is 0 Å². The normalized spacial score (nSPS) is 12.6. The Bertz CT molecular complexity index is 5860. The summed E-state index contributed by atoms with van der Waals surface area (Å²) in [5.41, 5.74) is 11.0. The first-order valence-corrected chi connectivity index (χ1v) is 52.0. The minimum absolute atomic E-state index is 0.144. The summed E-state index contributed by atoms with van der Waals surface area (Å²) >= 11 is 0.850. The quantitative estimate of drug-likeness (QED) is 0.0246. The van der Waals surface area contributed by atoms with E-state index in [1.165, 1.54) is 61.6 Å². The molecule has 0 spiro atoms. The van der Waals surface area contributed by atoms with Crippen molar-refractivity contribution in [1.29, 1.82) is 0 Å². The van der Waals surface area contributed by atoms with Crippen LogP contribution in [-0.4, -0.2) is 145 Å². The van der Waals surface area contributed by atoms with Crippen molar-refractivity contribution in [2.75, 3.05) is 59.7 Å². The molecule has 0 saturated heterocycles. The van der Waals surface area contributed by atoms with E-state index in [4.69, 9.17) is 37.9 Å². The van der Waals surface area contributed by atoms with Crippen molar-refractivity contribution in [3.8, 4) is 51.5 Å². The van der Waals surface area contributed by atoms with Crippen LogP contribution in [-0.2, 0) is 18.9 Å². The van der Waals surface area contributed by atoms with Gasteiger partial charge >= 0.3 is 264 Å². The number of amides is 4. The molecule has 0 aliphatic carbocycles. The Balaban J connectivity index is 0.000000146. The number of ether oxygens (including phenoxy) is 8. The molecule has 8 aromatic carbocycles. The maximum Gasteiger partial charge on any atom is 0.415 e. The molecule has 21 nitrogen and oxygen atoms in total. The average Bonchev–Trinajstić information content (AvgIpc) is 1.63. The Morgan fingerprint density at radius 2 is 0.659 bits per heavy atom. The Hall–Kier alpha value is -12.8. The molecule has 0 fully saturated rings. The summed E-state index contributed by atoms with van der Waals surface area (Å²) in [6.07, 6.45) is 15.7. The van der Waals surface area contributed by atoms with Crippen LogP contribution < -0.4 is 22.5 Å². The van der Waals surface area contributed by atoms with Crippen molar-refractivity contribution < 1.29 is 62.2 Å². The van der Waals surface area contributed by atoms with Crippen molar-refractivity contribution >= 4 is 108 Å². The summed E-state index contributed by atoms with van der Waals surface area (Å²) in [7, 11) is 6.89. The third kappa shape index (κ3) is 21.1. The van der Waals surface area contributed by atoms with Gasteiger partial charge in [0.2, 0.25) is 0 Å². The smallest absolute Gasteiger partial charge is 0.415 e. The maximum atomic E-state index is 13.0. The largest absolute Gasteiger partial charge is 0.508 e. The second kappa shape index (κ2) is 43.2. The van der Waals surface area contributed by atoms with E-state index in [0.717, 1.165) is 86.0 Å². The first kappa shape index (κ1) is 90.9. The van der Waals surface area contributed by atoms with Crippen LogP contribution in [0.15, 0.2) is 274 Å². The molecule has 652 valence electrons. The molecule has 16 rings (SSSR count). The number of carbonyl (C=O) groups excluding carboxylic acids is 4. The Labute approximate surface area is 751 Å². The van der Waals surface area contributed by atoms with Gasteiger partial charge in [-0.1, -0.05) is 107 Å². The van der Waals surface area contributed by atoms with Gasteiger partial charge in [0.25, 0.3) is 0 Å². The number of unbranched alkanes of at least 4 members (excludes halogenated alkanes) is 4. The van der Waals surface area contributed by atoms with Crippen LogP contribution in [0.5, 0.6) is 28.7 Å². The summed E-state index contributed by atoms with van der Waals surface area (Å²) < 4.78 is 63.1. The van der Waals surface area contributed by atoms with Crippen LogP contribution in [0.2, 0.25) is 13.3 Å². The fourth-order valence-electron chi connectivity index (χ4n) is 15.2. The number of aromatic nitrogens is 4. The molecule has 0 bridgehead atoms. The number of halogens is 1. The molecule has 4 amide bonds. The zero-order valence-electron chi connectivity index (χ0n) is 73.6. The van der Waals surface area contributed by atoms with Crippen molar-refractivity contribution in [3.05, 3.63) is 324 Å². The summed E-state index contributed by atoms with van der Waals surface area (Å²) in [5.74, 6) is 6.50. The molecule has 4 aliphatic rings. The first-order valence-electron chi connectivity index (χ1n) is 43.4. The number of hydrogen-bond acceptors (Lipinski definition) is 13. The molecule has 0 unspecified atom stereocenters. The summed E-state index contributed by atoms with van der Waals surface area (Å²) in [4.78, 5) is 57.2. The fourth-order valence-corrected chi connectivity index (χ4v) is 31.5. The van der Waals surface area contributed by atoms with E-state index in [9.17, 15) is 24.3 Å². The Kier molecular flexibility index (Phi) is 31.2. The van der Waals surface area contributed by atoms with Gasteiger partial charge in [-0.2, -0.15) is 0 Å². The number of fused-ring (bicyclic) bond motifs is 12. The monoisotopic (exact) mass is 1870 g/mol. The molecule has 23 heteroatoms. The standard InChI is InChI=1S/C24H23BrN2O3.C23H22N2O3.C22H20N2O4.C22H19N2O3.3C4H9.Sn/c1-26(16-8-7-15-25)24(28)30-23-20-13-9-17-27(20)19-12-5-6-14-21(19)29-22(23)18-10-3-2-4-11-18;1-4-24(3)23(26)28-22-19-11-8-14-25(19)18-13-12-16(2)15-20(18)27-21(22)17-9-6-5-7-10-17;1-3-23(2)22(26)28-21-18-8-6-14-24(18)17-7-4-5-9-19(17)27-20(21)15-10-12-16(25)13-11-15;1-3-23(2)22(25)27-21-18-13-9-15-24(18)17-12-7-8-14-19(17)26-20(21)16-10-5-4-6-11-16;3*1-3-4-2;/h2-6,9-14,17H,7-8,15-16H2,1H3;5-15H,4H2,1-3H3;4-14,25H,3H2,1-2H3;5-15H,3H2,1-2H3;3*1,3-4H2,2H3;. The van der Waals surface area contributed by atoms with Gasteiger partial charge in [0.05, 0.1) is 34.1 Å². The molecular formula is C103H111BrN8O13Sn.